The maximum absolute atomic E-state index is 12.3. The first-order valence-corrected chi connectivity index (χ1v) is 9.48. The number of rotatable bonds is 7. The number of ether oxygens (including phenoxy) is 4. The molecular formula is C22H22ClNO5. The van der Waals surface area contributed by atoms with Gasteiger partial charge in [0.05, 0.1) is 31.0 Å². The van der Waals surface area contributed by atoms with Crippen LogP contribution in [-0.2, 0) is 4.79 Å². The van der Waals surface area contributed by atoms with Crippen LogP contribution in [0.5, 0.6) is 23.0 Å². The molecule has 3 rings (SSSR count). The van der Waals surface area contributed by atoms with E-state index in [2.05, 4.69) is 11.9 Å². The number of halogens is 1. The van der Waals surface area contributed by atoms with Gasteiger partial charge in [0.2, 0.25) is 5.91 Å². The molecule has 0 aliphatic carbocycles. The van der Waals surface area contributed by atoms with Crippen LogP contribution in [0.25, 0.3) is 6.08 Å². The van der Waals surface area contributed by atoms with E-state index < -0.39 is 0 Å². The number of hydrogen-bond donors (Lipinski definition) is 1. The second kappa shape index (κ2) is 9.89. The van der Waals surface area contributed by atoms with E-state index in [0.29, 0.717) is 53.5 Å². The minimum absolute atomic E-state index is 0.327. The minimum atomic E-state index is -0.327. The lowest BCUT2D eigenvalue weighted by Crippen LogP contribution is -2.08. The number of fused-ring (bicyclic) bond motifs is 1. The van der Waals surface area contributed by atoms with Crippen molar-refractivity contribution >= 4 is 29.3 Å². The Balaban J connectivity index is 1.70. The Labute approximate surface area is 174 Å². The number of nitrogens with one attached hydrogen (secondary N) is 1. The molecule has 1 aliphatic rings. The van der Waals surface area contributed by atoms with Crippen LogP contribution in [0.1, 0.15) is 12.0 Å². The molecule has 6 nitrogen and oxygen atoms in total. The average molecular weight is 416 g/mol. The molecular weight excluding hydrogens is 394 g/mol. The molecule has 7 heteroatoms. The Bertz CT molecular complexity index is 926. The van der Waals surface area contributed by atoms with Crippen molar-refractivity contribution in [2.75, 3.05) is 32.2 Å². The number of anilines is 1. The maximum Gasteiger partial charge on any atom is 0.248 e. The van der Waals surface area contributed by atoms with Crippen LogP contribution in [0, 0.1) is 0 Å². The van der Waals surface area contributed by atoms with Gasteiger partial charge in [0, 0.05) is 24.6 Å². The topological polar surface area (TPSA) is 66.0 Å². The number of methoxy groups -OCH3 is 1. The zero-order valence-corrected chi connectivity index (χ0v) is 16.8. The number of hydrogen-bond acceptors (Lipinski definition) is 5. The van der Waals surface area contributed by atoms with Crippen molar-refractivity contribution in [3.8, 4) is 23.0 Å². The molecule has 29 heavy (non-hydrogen) atoms. The molecule has 1 heterocycles. The summed E-state index contributed by atoms with van der Waals surface area (Å²) in [6.07, 6.45) is 5.53. The molecule has 0 radical (unpaired) electrons. The standard InChI is InChI=1S/C22H22ClNO5/c1-3-9-27-18-7-5-15(12-19(18)26-2)6-8-22(25)24-17-14-21-20(13-16(17)23)28-10-4-11-29-21/h3,5-8,12-14H,1,4,9-11H2,2H3,(H,24,25)/b8-6+. The third-order valence-corrected chi connectivity index (χ3v) is 4.38. The average Bonchev–Trinajstić information content (AvgIpc) is 2.96. The summed E-state index contributed by atoms with van der Waals surface area (Å²) < 4.78 is 22.1. The lowest BCUT2D eigenvalue weighted by molar-refractivity contribution is -0.111. The van der Waals surface area contributed by atoms with Gasteiger partial charge in [0.25, 0.3) is 0 Å². The molecule has 0 bridgehead atoms. The summed E-state index contributed by atoms with van der Waals surface area (Å²) in [4.78, 5) is 12.3. The van der Waals surface area contributed by atoms with Gasteiger partial charge in [-0.15, -0.1) is 0 Å². The maximum atomic E-state index is 12.3. The highest BCUT2D eigenvalue weighted by Gasteiger charge is 2.15. The first-order valence-electron chi connectivity index (χ1n) is 9.10. The fraction of sp³-hybridized carbons (Fsp3) is 0.227. The molecule has 0 saturated heterocycles. The van der Waals surface area contributed by atoms with E-state index in [1.807, 2.05) is 6.07 Å². The van der Waals surface area contributed by atoms with Gasteiger partial charge in [-0.3, -0.25) is 4.79 Å². The summed E-state index contributed by atoms with van der Waals surface area (Å²) in [5, 5.41) is 3.13. The predicted molar refractivity (Wildman–Crippen MR) is 113 cm³/mol. The number of benzene rings is 2. The minimum Gasteiger partial charge on any atom is -0.493 e. The Hall–Kier alpha value is -3.12. The Morgan fingerprint density at radius 3 is 2.69 bits per heavy atom. The van der Waals surface area contributed by atoms with Crippen molar-refractivity contribution in [1.82, 2.24) is 0 Å². The van der Waals surface area contributed by atoms with Gasteiger partial charge in [-0.25, -0.2) is 0 Å². The summed E-state index contributed by atoms with van der Waals surface area (Å²) in [7, 11) is 1.56. The zero-order chi connectivity index (χ0) is 20.6. The highest BCUT2D eigenvalue weighted by Crippen LogP contribution is 2.37. The Morgan fingerprint density at radius 1 is 1.21 bits per heavy atom. The van der Waals surface area contributed by atoms with E-state index in [9.17, 15) is 4.79 Å². The molecule has 0 atom stereocenters. The largest absolute Gasteiger partial charge is 0.493 e. The third-order valence-electron chi connectivity index (χ3n) is 4.07. The van der Waals surface area contributed by atoms with Crippen LogP contribution < -0.4 is 24.3 Å². The van der Waals surface area contributed by atoms with Crippen LogP contribution in [0.4, 0.5) is 5.69 Å². The smallest absolute Gasteiger partial charge is 0.248 e. The first kappa shape index (κ1) is 20.6. The number of carbonyl (C=O) groups excluding carboxylic acids is 1. The van der Waals surface area contributed by atoms with Crippen LogP contribution in [0.15, 0.2) is 49.1 Å². The fourth-order valence-electron chi connectivity index (χ4n) is 2.68. The van der Waals surface area contributed by atoms with Gasteiger partial charge < -0.3 is 24.3 Å². The van der Waals surface area contributed by atoms with Crippen molar-refractivity contribution in [2.45, 2.75) is 6.42 Å². The summed E-state index contributed by atoms with van der Waals surface area (Å²) in [6, 6.07) is 8.70. The van der Waals surface area contributed by atoms with E-state index in [1.165, 1.54) is 6.08 Å². The second-order valence-electron chi connectivity index (χ2n) is 6.16. The lowest BCUT2D eigenvalue weighted by atomic mass is 10.2. The molecule has 0 unspecified atom stereocenters. The molecule has 0 aromatic heterocycles. The number of amides is 1. The van der Waals surface area contributed by atoms with Gasteiger partial charge in [-0.2, -0.15) is 0 Å². The van der Waals surface area contributed by atoms with Crippen molar-refractivity contribution < 1.29 is 23.7 Å². The lowest BCUT2D eigenvalue weighted by Gasteiger charge is -2.11. The normalized spacial score (nSPS) is 12.9. The van der Waals surface area contributed by atoms with Crippen molar-refractivity contribution in [1.29, 1.82) is 0 Å². The van der Waals surface area contributed by atoms with Crippen LogP contribution in [0.3, 0.4) is 0 Å². The van der Waals surface area contributed by atoms with E-state index in [1.54, 1.807) is 43.5 Å². The SMILES string of the molecule is C=CCOc1ccc(/C=C/C(=O)Nc2cc3c(cc2Cl)OCCCO3)cc1OC. The molecule has 2 aromatic rings. The van der Waals surface area contributed by atoms with E-state index in [0.717, 1.165) is 12.0 Å². The van der Waals surface area contributed by atoms with Gasteiger partial charge in [0.1, 0.15) is 6.61 Å². The second-order valence-corrected chi connectivity index (χ2v) is 6.57. The van der Waals surface area contributed by atoms with Crippen molar-refractivity contribution in [2.24, 2.45) is 0 Å². The van der Waals surface area contributed by atoms with Crippen LogP contribution in [0.2, 0.25) is 5.02 Å². The summed E-state index contributed by atoms with van der Waals surface area (Å²) in [5.41, 5.74) is 1.24. The highest BCUT2D eigenvalue weighted by molar-refractivity contribution is 6.34. The first-order chi connectivity index (χ1) is 14.1. The van der Waals surface area contributed by atoms with Crippen LogP contribution in [-0.4, -0.2) is 32.8 Å². The predicted octanol–water partition coefficient (Wildman–Crippen LogP) is 4.73. The van der Waals surface area contributed by atoms with E-state index in [-0.39, 0.29) is 5.91 Å². The van der Waals surface area contributed by atoms with Gasteiger partial charge in [-0.1, -0.05) is 30.3 Å². The molecule has 1 N–H and O–H groups in total. The summed E-state index contributed by atoms with van der Waals surface area (Å²) >= 11 is 6.26. The van der Waals surface area contributed by atoms with Crippen molar-refractivity contribution in [3.63, 3.8) is 0 Å². The number of carbonyl (C=O) groups is 1. The summed E-state index contributed by atoms with van der Waals surface area (Å²) in [6.45, 7) is 5.12. The zero-order valence-electron chi connectivity index (χ0n) is 16.1. The molecule has 2 aromatic carbocycles. The van der Waals surface area contributed by atoms with E-state index >= 15 is 0 Å². The Kier molecular flexibility index (Phi) is 7.03. The van der Waals surface area contributed by atoms with E-state index in [4.69, 9.17) is 30.5 Å². The van der Waals surface area contributed by atoms with Gasteiger partial charge in [0.15, 0.2) is 23.0 Å². The van der Waals surface area contributed by atoms with Crippen LogP contribution >= 0.6 is 11.6 Å². The molecule has 0 saturated carbocycles. The van der Waals surface area contributed by atoms with Crippen molar-refractivity contribution in [3.05, 3.63) is 59.6 Å². The third kappa shape index (κ3) is 5.45. The molecule has 152 valence electrons. The van der Waals surface area contributed by atoms with Gasteiger partial charge in [-0.05, 0) is 23.8 Å². The molecule has 1 amide bonds. The molecule has 0 fully saturated rings. The summed E-state index contributed by atoms with van der Waals surface area (Å²) in [5.74, 6) is 1.98. The quantitative estimate of drug-likeness (QED) is 0.523. The monoisotopic (exact) mass is 415 g/mol. The molecule has 0 spiro atoms. The highest BCUT2D eigenvalue weighted by atomic mass is 35.5. The van der Waals surface area contributed by atoms with Gasteiger partial charge >= 0.3 is 0 Å². The Morgan fingerprint density at radius 2 is 1.97 bits per heavy atom. The molecule has 1 aliphatic heterocycles. The fourth-order valence-corrected chi connectivity index (χ4v) is 2.88.